The van der Waals surface area contributed by atoms with Crippen molar-refractivity contribution in [3.63, 3.8) is 0 Å². The first-order chi connectivity index (χ1) is 15.8. The molecule has 0 heterocycles. The zero-order chi connectivity index (χ0) is 25.3. The van der Waals surface area contributed by atoms with Crippen LogP contribution in [0.15, 0.2) is 78.4 Å². The number of nitrogens with zero attached hydrogens (tertiary/aromatic N) is 3. The van der Waals surface area contributed by atoms with E-state index >= 15 is 0 Å². The van der Waals surface area contributed by atoms with Crippen molar-refractivity contribution in [1.29, 1.82) is 0 Å². The average molecular weight is 414 g/mol. The summed E-state index contributed by atoms with van der Waals surface area (Å²) in [4.78, 5) is 2.53. The summed E-state index contributed by atoms with van der Waals surface area (Å²) in [5.74, 6) is 0. The van der Waals surface area contributed by atoms with Crippen molar-refractivity contribution in [2.75, 3.05) is 51.9 Å². The van der Waals surface area contributed by atoms with E-state index in [1.807, 2.05) is 62.0 Å². The van der Waals surface area contributed by atoms with Crippen molar-refractivity contribution in [2.45, 2.75) is 0 Å². The molecule has 3 rings (SSSR count). The van der Waals surface area contributed by atoms with Crippen LogP contribution >= 0.6 is 0 Å². The van der Waals surface area contributed by atoms with Gasteiger partial charge in [-0.25, -0.2) is 4.58 Å². The van der Waals surface area contributed by atoms with Crippen LogP contribution in [0, 0.1) is 0 Å². The highest BCUT2D eigenvalue weighted by atomic mass is 35.5. The minimum absolute atomic E-state index is 0. The van der Waals surface area contributed by atoms with Gasteiger partial charge in [0.15, 0.2) is 5.71 Å². The molecule has 0 atom stereocenters. The van der Waals surface area contributed by atoms with E-state index in [9.17, 15) is 0 Å². The van der Waals surface area contributed by atoms with Gasteiger partial charge in [0.05, 0.1) is 0 Å². The Morgan fingerprint density at radius 3 is 1.55 bits per heavy atom. The van der Waals surface area contributed by atoms with Crippen molar-refractivity contribution in [2.24, 2.45) is 0 Å². The van der Waals surface area contributed by atoms with Gasteiger partial charge in [-0.15, -0.1) is 0 Å². The molecule has 0 amide bonds. The summed E-state index contributed by atoms with van der Waals surface area (Å²) in [5, 5.41) is 0. The summed E-state index contributed by atoms with van der Waals surface area (Å²) in [5.41, 5.74) is 6.10. The van der Waals surface area contributed by atoms with Crippen LogP contribution in [0.3, 0.4) is 0 Å². The van der Waals surface area contributed by atoms with Crippen LogP contribution in [0.4, 0.5) is 11.4 Å². The smallest absolute Gasteiger partial charge is 0.199 e. The molecular weight excluding hydrogens is 378 g/mol. The van der Waals surface area contributed by atoms with E-state index in [0.29, 0.717) is 4.90 Å². The second kappa shape index (κ2) is 9.62. The topological polar surface area (TPSA) is 9.49 Å². The lowest BCUT2D eigenvalue weighted by molar-refractivity contribution is -0.462. The summed E-state index contributed by atoms with van der Waals surface area (Å²) < 4.78 is 48.1. The summed E-state index contributed by atoms with van der Waals surface area (Å²) in [6.07, 6.45) is 8.19. The maximum atomic E-state index is 7.68. The predicted molar refractivity (Wildman–Crippen MR) is 123 cm³/mol. The fraction of sp³-hybridized carbons (Fsp3) is 0.240. The third-order valence-corrected chi connectivity index (χ3v) is 4.76. The number of hydrogen-bond donors (Lipinski definition) is 0. The summed E-state index contributed by atoms with van der Waals surface area (Å²) in [7, 11) is 7.94. The van der Waals surface area contributed by atoms with E-state index in [4.69, 9.17) is 8.22 Å². The largest absolute Gasteiger partial charge is 1.00 e. The van der Waals surface area contributed by atoms with E-state index in [0.717, 1.165) is 33.7 Å². The highest BCUT2D eigenvalue weighted by molar-refractivity contribution is 6.04. The van der Waals surface area contributed by atoms with Gasteiger partial charge in [-0.3, -0.25) is 0 Å². The molecule has 4 heteroatoms. The highest BCUT2D eigenvalue weighted by Crippen LogP contribution is 2.31. The van der Waals surface area contributed by atoms with Gasteiger partial charge in [-0.1, -0.05) is 24.3 Å². The molecule has 0 saturated carbocycles. The fourth-order valence-electron chi connectivity index (χ4n) is 3.13. The van der Waals surface area contributed by atoms with Gasteiger partial charge in [0, 0.05) is 59.8 Å². The van der Waals surface area contributed by atoms with Crippen LogP contribution < -0.4 is 22.2 Å². The molecule has 0 unspecified atom stereocenters. The van der Waals surface area contributed by atoms with Gasteiger partial charge in [0.1, 0.15) is 14.1 Å². The van der Waals surface area contributed by atoms with Crippen molar-refractivity contribution < 1.29 is 25.2 Å². The predicted octanol–water partition coefficient (Wildman–Crippen LogP) is 1.46. The number of rotatable bonds is 4. The first-order valence-corrected chi connectivity index (χ1v) is 9.12. The highest BCUT2D eigenvalue weighted by Gasteiger charge is 2.13. The molecule has 152 valence electrons. The lowest BCUT2D eigenvalue weighted by atomic mass is 9.90. The van der Waals surface area contributed by atoms with E-state index < -0.39 is 14.0 Å². The summed E-state index contributed by atoms with van der Waals surface area (Å²) in [6.45, 7) is -5.58. The standard InChI is InChI=1S/C25H30N3.ClH/c1-26(2)22-13-7-19(8-14-22)25(20-9-15-23(16-10-20)27(3)4)21-11-17-24(18-12-21)28(5)6;/h7-18H,1-6H3;1H/q+1;/p-1/i1D3,2D3;. The molecule has 0 fully saturated rings. The second-order valence-electron chi connectivity index (χ2n) is 7.14. The SMILES string of the molecule is [2H]C([2H])([2H])N(c1ccc(C(=C2C=CC(=[N+](C)C)C=C2)c2ccc(N(C)C)cc2)cc1)C([2H])([2H])[2H].[Cl-]. The Balaban J connectivity index is 0.00000432. The van der Waals surface area contributed by atoms with Crippen LogP contribution in [-0.4, -0.2) is 52.4 Å². The van der Waals surface area contributed by atoms with Crippen molar-refractivity contribution in [3.05, 3.63) is 89.5 Å². The molecule has 2 aromatic carbocycles. The van der Waals surface area contributed by atoms with Crippen LogP contribution in [0.1, 0.15) is 19.4 Å². The molecule has 2 aromatic rings. The molecule has 0 saturated heterocycles. The molecule has 0 radical (unpaired) electrons. The maximum Gasteiger partial charge on any atom is 0.199 e. The van der Waals surface area contributed by atoms with Crippen LogP contribution in [0.25, 0.3) is 5.57 Å². The first-order valence-electron chi connectivity index (χ1n) is 12.1. The zero-order valence-electron chi connectivity index (χ0n) is 23.1. The quantitative estimate of drug-likeness (QED) is 0.702. The third-order valence-electron chi connectivity index (χ3n) is 4.76. The van der Waals surface area contributed by atoms with Crippen molar-refractivity contribution >= 4 is 22.7 Å². The van der Waals surface area contributed by atoms with Gasteiger partial charge in [-0.05, 0) is 58.7 Å². The average Bonchev–Trinajstić information content (AvgIpc) is 2.74. The third kappa shape index (κ3) is 5.18. The minimum Gasteiger partial charge on any atom is -1.00 e. The molecule has 1 aliphatic rings. The zero-order valence-corrected chi connectivity index (χ0v) is 17.9. The lowest BCUT2D eigenvalue weighted by Crippen LogP contribution is -3.00. The van der Waals surface area contributed by atoms with Crippen LogP contribution in [0.5, 0.6) is 0 Å². The Bertz CT molecular complexity index is 1120. The Kier molecular flexibility index (Phi) is 5.01. The molecule has 0 bridgehead atoms. The normalized spacial score (nSPS) is 16.4. The Morgan fingerprint density at radius 1 is 0.724 bits per heavy atom. The molecule has 1 aliphatic carbocycles. The Hall–Kier alpha value is -2.78. The number of halogens is 1. The summed E-state index contributed by atoms with van der Waals surface area (Å²) in [6, 6.07) is 14.8. The maximum absolute atomic E-state index is 7.68. The van der Waals surface area contributed by atoms with Crippen molar-refractivity contribution in [3.8, 4) is 0 Å². The van der Waals surface area contributed by atoms with E-state index in [1.54, 1.807) is 24.3 Å². The van der Waals surface area contributed by atoms with Crippen LogP contribution in [0.2, 0.25) is 0 Å². The first kappa shape index (κ1) is 15.1. The molecule has 0 aliphatic heterocycles. The molecular formula is C25H30ClN3. The van der Waals surface area contributed by atoms with Gasteiger partial charge in [0.25, 0.3) is 0 Å². The number of benzene rings is 2. The van der Waals surface area contributed by atoms with Gasteiger partial charge < -0.3 is 22.2 Å². The molecule has 3 nitrogen and oxygen atoms in total. The lowest BCUT2D eigenvalue weighted by Gasteiger charge is -2.18. The van der Waals surface area contributed by atoms with Crippen molar-refractivity contribution in [1.82, 2.24) is 0 Å². The number of allylic oxidation sites excluding steroid dienone is 5. The Labute approximate surface area is 189 Å². The van der Waals surface area contributed by atoms with Gasteiger partial charge >= 0.3 is 0 Å². The van der Waals surface area contributed by atoms with E-state index in [2.05, 4.69) is 24.3 Å². The number of hydrogen-bond acceptors (Lipinski definition) is 2. The molecule has 0 aromatic heterocycles. The molecule has 29 heavy (non-hydrogen) atoms. The molecule has 0 spiro atoms. The van der Waals surface area contributed by atoms with E-state index in [-0.39, 0.29) is 18.1 Å². The monoisotopic (exact) mass is 413 g/mol. The minimum atomic E-state index is -2.79. The molecule has 0 N–H and O–H groups in total. The Morgan fingerprint density at radius 2 is 1.17 bits per heavy atom. The summed E-state index contributed by atoms with van der Waals surface area (Å²) >= 11 is 0. The fourth-order valence-corrected chi connectivity index (χ4v) is 3.13. The van der Waals surface area contributed by atoms with Gasteiger partial charge in [0.2, 0.25) is 0 Å². The van der Waals surface area contributed by atoms with Gasteiger partial charge in [-0.2, -0.15) is 0 Å². The number of anilines is 2. The second-order valence-corrected chi connectivity index (χ2v) is 7.14. The van der Waals surface area contributed by atoms with E-state index in [1.165, 1.54) is 0 Å². The van der Waals surface area contributed by atoms with Crippen LogP contribution in [-0.2, 0) is 0 Å².